The first-order valence-corrected chi connectivity index (χ1v) is 6.80. The highest BCUT2D eigenvalue weighted by Crippen LogP contribution is 2.24. The summed E-state index contributed by atoms with van der Waals surface area (Å²) in [5.41, 5.74) is -0.884. The van der Waals surface area contributed by atoms with Crippen LogP contribution in [0.25, 0.3) is 0 Å². The smallest absolute Gasteiger partial charge is 0.409 e. The van der Waals surface area contributed by atoms with E-state index in [4.69, 9.17) is 9.84 Å². The van der Waals surface area contributed by atoms with Gasteiger partial charge in [0.15, 0.2) is 0 Å². The number of carboxylic acids is 1. The number of aliphatic carboxylic acids is 1. The minimum atomic E-state index is -1.18. The van der Waals surface area contributed by atoms with Crippen molar-refractivity contribution in [3.8, 4) is 0 Å². The lowest BCUT2D eigenvalue weighted by Gasteiger charge is -2.24. The Balaban J connectivity index is 2.89. The molecule has 0 fully saturated rings. The number of nitro groups is 1. The highest BCUT2D eigenvalue weighted by Gasteiger charge is 2.23. The van der Waals surface area contributed by atoms with Gasteiger partial charge in [-0.3, -0.25) is 14.9 Å². The number of nitrogens with one attached hydrogen (secondary N) is 2. The maximum atomic E-state index is 11.8. The summed E-state index contributed by atoms with van der Waals surface area (Å²) in [5.74, 6) is -1.18. The van der Waals surface area contributed by atoms with E-state index in [2.05, 4.69) is 10.6 Å². The second kappa shape index (κ2) is 7.43. The normalized spacial score (nSPS) is 12.1. The third-order valence-corrected chi connectivity index (χ3v) is 2.50. The molecule has 0 saturated heterocycles. The van der Waals surface area contributed by atoms with E-state index in [0.717, 1.165) is 0 Å². The van der Waals surface area contributed by atoms with Crippen LogP contribution in [0, 0.1) is 10.1 Å². The lowest BCUT2D eigenvalue weighted by molar-refractivity contribution is -0.384. The Kier molecular flexibility index (Phi) is 5.88. The monoisotopic (exact) mass is 325 g/mol. The number of amides is 1. The highest BCUT2D eigenvalue weighted by molar-refractivity contribution is 5.73. The third kappa shape index (κ3) is 6.64. The van der Waals surface area contributed by atoms with E-state index >= 15 is 0 Å². The van der Waals surface area contributed by atoms with Gasteiger partial charge < -0.3 is 20.5 Å². The van der Waals surface area contributed by atoms with Gasteiger partial charge in [0, 0.05) is 6.07 Å². The van der Waals surface area contributed by atoms with Gasteiger partial charge in [0.25, 0.3) is 5.69 Å². The first-order valence-electron chi connectivity index (χ1n) is 6.80. The molecular weight excluding hydrogens is 306 g/mol. The van der Waals surface area contributed by atoms with Crippen molar-refractivity contribution < 1.29 is 24.4 Å². The van der Waals surface area contributed by atoms with Crippen molar-refractivity contribution in [3.05, 3.63) is 34.4 Å². The van der Waals surface area contributed by atoms with E-state index in [1.54, 1.807) is 26.8 Å². The zero-order valence-electron chi connectivity index (χ0n) is 13.0. The van der Waals surface area contributed by atoms with Gasteiger partial charge in [-0.2, -0.15) is 0 Å². The molecule has 1 aromatic carbocycles. The predicted molar refractivity (Wildman–Crippen MR) is 82.1 cm³/mol. The van der Waals surface area contributed by atoms with E-state index in [1.165, 1.54) is 18.2 Å². The molecule has 3 N–H and O–H groups in total. The van der Waals surface area contributed by atoms with Crippen LogP contribution >= 0.6 is 0 Å². The number of benzene rings is 1. The van der Waals surface area contributed by atoms with Gasteiger partial charge in [0.1, 0.15) is 17.5 Å². The van der Waals surface area contributed by atoms with Gasteiger partial charge in [-0.15, -0.1) is 0 Å². The number of carbonyl (C=O) groups excluding carboxylic acids is 1. The van der Waals surface area contributed by atoms with Crippen LogP contribution in [0.1, 0.15) is 27.2 Å². The number of nitrogens with zero attached hydrogens (tertiary/aromatic N) is 1. The summed E-state index contributed by atoms with van der Waals surface area (Å²) in [7, 11) is 0. The Labute approximate surface area is 132 Å². The molecule has 0 saturated carbocycles. The van der Waals surface area contributed by atoms with Crippen molar-refractivity contribution >= 4 is 23.4 Å². The van der Waals surface area contributed by atoms with E-state index in [9.17, 15) is 19.7 Å². The second-order valence-corrected chi connectivity index (χ2v) is 5.72. The van der Waals surface area contributed by atoms with E-state index in [1.807, 2.05) is 0 Å². The Hall–Kier alpha value is -2.84. The van der Waals surface area contributed by atoms with E-state index in [0.29, 0.717) is 0 Å². The first-order chi connectivity index (χ1) is 10.6. The van der Waals surface area contributed by atoms with Crippen LogP contribution in [-0.4, -0.2) is 33.9 Å². The number of nitro benzene ring substituents is 1. The number of carboxylic acid groups (broad SMARTS) is 1. The molecule has 9 nitrogen and oxygen atoms in total. The van der Waals surface area contributed by atoms with Crippen molar-refractivity contribution in [2.24, 2.45) is 0 Å². The fourth-order valence-electron chi connectivity index (χ4n) is 1.71. The number of ether oxygens (including phenoxy) is 1. The van der Waals surface area contributed by atoms with Crippen molar-refractivity contribution in [2.45, 2.75) is 39.0 Å². The molecule has 0 spiro atoms. The standard InChI is InChI=1S/C14H19N3O6/c1-14(2,3)23-13(20)16-11(8-12(18)19)15-9-6-4-5-7-10(9)17(21)22/h4-7,11,15H,8H2,1-3H3,(H,16,20)(H,18,19). The Morgan fingerprint density at radius 1 is 1.35 bits per heavy atom. The molecule has 9 heteroatoms. The Morgan fingerprint density at radius 2 is 1.96 bits per heavy atom. The number of hydrogen-bond donors (Lipinski definition) is 3. The lowest BCUT2D eigenvalue weighted by atomic mass is 10.2. The van der Waals surface area contributed by atoms with Crippen LogP contribution < -0.4 is 10.6 Å². The fraction of sp³-hybridized carbons (Fsp3) is 0.429. The molecule has 1 unspecified atom stereocenters. The van der Waals surface area contributed by atoms with Crippen LogP contribution in [-0.2, 0) is 9.53 Å². The van der Waals surface area contributed by atoms with Crippen LogP contribution in [0.3, 0.4) is 0 Å². The molecular formula is C14H19N3O6. The fourth-order valence-corrected chi connectivity index (χ4v) is 1.71. The average molecular weight is 325 g/mol. The quantitative estimate of drug-likeness (QED) is 0.415. The Morgan fingerprint density at radius 3 is 2.48 bits per heavy atom. The lowest BCUT2D eigenvalue weighted by Crippen LogP contribution is -2.44. The molecule has 126 valence electrons. The summed E-state index contributed by atoms with van der Waals surface area (Å²) in [6, 6.07) is 5.73. The molecule has 23 heavy (non-hydrogen) atoms. The number of anilines is 1. The molecule has 1 aromatic rings. The number of para-hydroxylation sites is 2. The van der Waals surface area contributed by atoms with Gasteiger partial charge in [0.05, 0.1) is 11.3 Å². The highest BCUT2D eigenvalue weighted by atomic mass is 16.6. The molecule has 0 aliphatic carbocycles. The average Bonchev–Trinajstić information content (AvgIpc) is 2.35. The number of hydrogen-bond acceptors (Lipinski definition) is 6. The maximum Gasteiger partial charge on any atom is 0.409 e. The van der Waals surface area contributed by atoms with Gasteiger partial charge >= 0.3 is 12.1 Å². The Bertz CT molecular complexity index is 596. The van der Waals surface area contributed by atoms with Crippen molar-refractivity contribution in [1.29, 1.82) is 0 Å². The van der Waals surface area contributed by atoms with Crippen LogP contribution in [0.2, 0.25) is 0 Å². The predicted octanol–water partition coefficient (Wildman–Crippen LogP) is 2.33. The van der Waals surface area contributed by atoms with E-state index < -0.39 is 35.2 Å². The molecule has 1 rings (SSSR count). The summed E-state index contributed by atoms with van der Waals surface area (Å²) < 4.78 is 5.05. The van der Waals surface area contributed by atoms with Gasteiger partial charge in [0.2, 0.25) is 0 Å². The first kappa shape index (κ1) is 18.2. The summed E-state index contributed by atoms with van der Waals surface area (Å²) in [5, 5.41) is 24.9. The number of alkyl carbamates (subject to hydrolysis) is 1. The second-order valence-electron chi connectivity index (χ2n) is 5.72. The zero-order chi connectivity index (χ0) is 17.6. The maximum absolute atomic E-state index is 11.8. The van der Waals surface area contributed by atoms with Crippen LogP contribution in [0.5, 0.6) is 0 Å². The van der Waals surface area contributed by atoms with Crippen molar-refractivity contribution in [3.63, 3.8) is 0 Å². The topological polar surface area (TPSA) is 131 Å². The minimum Gasteiger partial charge on any atom is -0.481 e. The van der Waals surface area contributed by atoms with E-state index in [-0.39, 0.29) is 11.4 Å². The van der Waals surface area contributed by atoms with Gasteiger partial charge in [-0.05, 0) is 26.8 Å². The molecule has 1 amide bonds. The molecule has 0 aromatic heterocycles. The zero-order valence-corrected chi connectivity index (χ0v) is 13.0. The van der Waals surface area contributed by atoms with Crippen LogP contribution in [0.15, 0.2) is 24.3 Å². The largest absolute Gasteiger partial charge is 0.481 e. The number of carbonyl (C=O) groups is 2. The van der Waals surface area contributed by atoms with Gasteiger partial charge in [-0.1, -0.05) is 12.1 Å². The molecule has 0 bridgehead atoms. The summed E-state index contributed by atoms with van der Waals surface area (Å²) in [4.78, 5) is 33.0. The molecule has 0 heterocycles. The summed E-state index contributed by atoms with van der Waals surface area (Å²) >= 11 is 0. The van der Waals surface area contributed by atoms with Crippen LogP contribution in [0.4, 0.5) is 16.2 Å². The molecule has 1 atom stereocenters. The van der Waals surface area contributed by atoms with Crippen molar-refractivity contribution in [1.82, 2.24) is 5.32 Å². The van der Waals surface area contributed by atoms with Crippen molar-refractivity contribution in [2.75, 3.05) is 5.32 Å². The summed E-state index contributed by atoms with van der Waals surface area (Å²) in [6.45, 7) is 4.98. The molecule has 0 aliphatic heterocycles. The van der Waals surface area contributed by atoms with Gasteiger partial charge in [-0.25, -0.2) is 4.79 Å². The molecule has 0 radical (unpaired) electrons. The molecule has 0 aliphatic rings. The summed E-state index contributed by atoms with van der Waals surface area (Å²) in [6.07, 6.45) is -2.37. The number of rotatable bonds is 6. The third-order valence-electron chi connectivity index (χ3n) is 2.50. The minimum absolute atomic E-state index is 0.0970. The SMILES string of the molecule is CC(C)(C)OC(=O)NC(CC(=O)O)Nc1ccccc1[N+](=O)[O-].